The summed E-state index contributed by atoms with van der Waals surface area (Å²) in [6.07, 6.45) is 0.0562. The average molecular weight is 188 g/mol. The molecular weight excluding hydrogens is 172 g/mol. The standard InChI is InChI=1S/C13H16O/c1-4-5-6-13(14)12-8-7-10(2)11(3)9-12/h7-9,13-14H,6H2,1-3H3. The second-order valence-electron chi connectivity index (χ2n) is 3.49. The molecule has 1 nitrogen and oxygen atoms in total. The van der Waals surface area contributed by atoms with Gasteiger partial charge in [-0.1, -0.05) is 18.2 Å². The molecule has 1 N–H and O–H groups in total. The lowest BCUT2D eigenvalue weighted by Gasteiger charge is -2.09. The van der Waals surface area contributed by atoms with Crippen molar-refractivity contribution in [3.63, 3.8) is 0 Å². The maximum absolute atomic E-state index is 9.76. The zero-order valence-electron chi connectivity index (χ0n) is 8.96. The number of rotatable bonds is 2. The van der Waals surface area contributed by atoms with Gasteiger partial charge in [-0.2, -0.15) is 0 Å². The molecule has 1 unspecified atom stereocenters. The maximum atomic E-state index is 9.76. The highest BCUT2D eigenvalue weighted by Gasteiger charge is 2.06. The van der Waals surface area contributed by atoms with Gasteiger partial charge in [-0.3, -0.25) is 0 Å². The Morgan fingerprint density at radius 3 is 2.57 bits per heavy atom. The van der Waals surface area contributed by atoms with Crippen LogP contribution in [0.2, 0.25) is 0 Å². The van der Waals surface area contributed by atoms with Crippen LogP contribution >= 0.6 is 0 Å². The zero-order valence-corrected chi connectivity index (χ0v) is 8.96. The molecule has 1 atom stereocenters. The Kier molecular flexibility index (Phi) is 3.73. The third-order valence-electron chi connectivity index (χ3n) is 2.39. The van der Waals surface area contributed by atoms with Gasteiger partial charge in [0.2, 0.25) is 0 Å². The van der Waals surface area contributed by atoms with E-state index in [0.717, 1.165) is 5.56 Å². The predicted molar refractivity (Wildman–Crippen MR) is 58.9 cm³/mol. The molecule has 0 aliphatic heterocycles. The van der Waals surface area contributed by atoms with E-state index in [0.29, 0.717) is 6.42 Å². The van der Waals surface area contributed by atoms with Gasteiger partial charge < -0.3 is 5.11 Å². The minimum absolute atomic E-state index is 0.457. The van der Waals surface area contributed by atoms with Crippen LogP contribution < -0.4 is 0 Å². The van der Waals surface area contributed by atoms with Gasteiger partial charge in [0.1, 0.15) is 0 Å². The Bertz CT molecular complexity index is 369. The van der Waals surface area contributed by atoms with Gasteiger partial charge in [-0.15, -0.1) is 11.8 Å². The number of benzene rings is 1. The molecule has 0 saturated carbocycles. The summed E-state index contributed by atoms with van der Waals surface area (Å²) in [4.78, 5) is 0. The smallest absolute Gasteiger partial charge is 0.0899 e. The largest absolute Gasteiger partial charge is 0.387 e. The molecule has 0 saturated heterocycles. The van der Waals surface area contributed by atoms with E-state index in [1.54, 1.807) is 6.92 Å². The lowest BCUT2D eigenvalue weighted by Crippen LogP contribution is -1.97. The van der Waals surface area contributed by atoms with Gasteiger partial charge >= 0.3 is 0 Å². The van der Waals surface area contributed by atoms with E-state index in [1.807, 2.05) is 18.2 Å². The molecule has 1 heteroatoms. The number of aliphatic hydroxyl groups excluding tert-OH is 1. The van der Waals surface area contributed by atoms with E-state index in [1.165, 1.54) is 11.1 Å². The maximum Gasteiger partial charge on any atom is 0.0899 e. The number of aryl methyl sites for hydroxylation is 2. The topological polar surface area (TPSA) is 20.2 Å². The second kappa shape index (κ2) is 4.83. The molecule has 0 aliphatic rings. The third kappa shape index (κ3) is 2.61. The fourth-order valence-electron chi connectivity index (χ4n) is 1.29. The molecule has 1 aromatic carbocycles. The molecule has 1 rings (SSSR count). The van der Waals surface area contributed by atoms with Crippen molar-refractivity contribution < 1.29 is 5.11 Å². The van der Waals surface area contributed by atoms with Crippen molar-refractivity contribution in [3.8, 4) is 11.8 Å². The summed E-state index contributed by atoms with van der Waals surface area (Å²) in [6, 6.07) is 6.02. The summed E-state index contributed by atoms with van der Waals surface area (Å²) in [7, 11) is 0. The first-order chi connectivity index (χ1) is 6.65. The Labute approximate surface area is 85.8 Å². The molecule has 0 radical (unpaired) electrons. The molecule has 0 amide bonds. The van der Waals surface area contributed by atoms with Crippen LogP contribution in [0.3, 0.4) is 0 Å². The van der Waals surface area contributed by atoms with Crippen LogP contribution in [0.1, 0.15) is 36.1 Å². The van der Waals surface area contributed by atoms with Gasteiger partial charge in [0.25, 0.3) is 0 Å². The van der Waals surface area contributed by atoms with E-state index < -0.39 is 6.10 Å². The quantitative estimate of drug-likeness (QED) is 0.707. The first kappa shape index (κ1) is 10.8. The van der Waals surface area contributed by atoms with Crippen molar-refractivity contribution in [1.82, 2.24) is 0 Å². The van der Waals surface area contributed by atoms with E-state index in [2.05, 4.69) is 25.7 Å². The van der Waals surface area contributed by atoms with Gasteiger partial charge in [0.15, 0.2) is 0 Å². The summed E-state index contributed by atoms with van der Waals surface area (Å²) in [5.74, 6) is 5.66. The Morgan fingerprint density at radius 1 is 1.29 bits per heavy atom. The second-order valence-corrected chi connectivity index (χ2v) is 3.49. The minimum atomic E-state index is -0.457. The summed E-state index contributed by atoms with van der Waals surface area (Å²) in [6.45, 7) is 5.90. The highest BCUT2D eigenvalue weighted by Crippen LogP contribution is 2.19. The first-order valence-corrected chi connectivity index (χ1v) is 4.80. The SMILES string of the molecule is CC#CCC(O)c1ccc(C)c(C)c1. The normalized spacial score (nSPS) is 11.7. The van der Waals surface area contributed by atoms with Crippen molar-refractivity contribution in [3.05, 3.63) is 34.9 Å². The summed E-state index contributed by atoms with van der Waals surface area (Å²) in [5.41, 5.74) is 3.42. The van der Waals surface area contributed by atoms with E-state index in [9.17, 15) is 5.11 Å². The molecule has 0 fully saturated rings. The predicted octanol–water partition coefficient (Wildman–Crippen LogP) is 2.75. The van der Waals surface area contributed by atoms with Crippen LogP contribution in [-0.4, -0.2) is 5.11 Å². The van der Waals surface area contributed by atoms with Gasteiger partial charge in [-0.25, -0.2) is 0 Å². The Hall–Kier alpha value is -1.26. The van der Waals surface area contributed by atoms with Crippen molar-refractivity contribution in [2.75, 3.05) is 0 Å². The van der Waals surface area contributed by atoms with E-state index in [4.69, 9.17) is 0 Å². The number of hydrogen-bond acceptors (Lipinski definition) is 1. The fourth-order valence-corrected chi connectivity index (χ4v) is 1.29. The molecule has 0 aliphatic carbocycles. The molecule has 0 heterocycles. The van der Waals surface area contributed by atoms with E-state index >= 15 is 0 Å². The van der Waals surface area contributed by atoms with Crippen molar-refractivity contribution >= 4 is 0 Å². The highest BCUT2D eigenvalue weighted by atomic mass is 16.3. The Balaban J connectivity index is 2.83. The van der Waals surface area contributed by atoms with Crippen LogP contribution in [0.15, 0.2) is 18.2 Å². The van der Waals surface area contributed by atoms with Crippen LogP contribution in [0, 0.1) is 25.7 Å². The molecule has 0 spiro atoms. The third-order valence-corrected chi connectivity index (χ3v) is 2.39. The molecule has 74 valence electrons. The Morgan fingerprint density at radius 2 is 2.00 bits per heavy atom. The zero-order chi connectivity index (χ0) is 10.6. The first-order valence-electron chi connectivity index (χ1n) is 4.80. The number of hydrogen-bond donors (Lipinski definition) is 1. The van der Waals surface area contributed by atoms with Crippen molar-refractivity contribution in [2.45, 2.75) is 33.3 Å². The molecular formula is C13H16O. The van der Waals surface area contributed by atoms with Gasteiger partial charge in [0, 0.05) is 6.42 Å². The number of aliphatic hydroxyl groups is 1. The van der Waals surface area contributed by atoms with Crippen LogP contribution in [0.5, 0.6) is 0 Å². The summed E-state index contributed by atoms with van der Waals surface area (Å²) >= 11 is 0. The summed E-state index contributed by atoms with van der Waals surface area (Å²) < 4.78 is 0. The van der Waals surface area contributed by atoms with Gasteiger partial charge in [-0.05, 0) is 37.5 Å². The lowest BCUT2D eigenvalue weighted by molar-refractivity contribution is 0.184. The molecule has 1 aromatic rings. The van der Waals surface area contributed by atoms with E-state index in [-0.39, 0.29) is 0 Å². The lowest BCUT2D eigenvalue weighted by atomic mass is 10.0. The summed E-state index contributed by atoms with van der Waals surface area (Å²) in [5, 5.41) is 9.76. The average Bonchev–Trinajstić information content (AvgIpc) is 2.18. The van der Waals surface area contributed by atoms with Crippen LogP contribution in [0.25, 0.3) is 0 Å². The molecule has 0 aromatic heterocycles. The minimum Gasteiger partial charge on any atom is -0.387 e. The van der Waals surface area contributed by atoms with Crippen LogP contribution in [-0.2, 0) is 0 Å². The molecule has 0 bridgehead atoms. The monoisotopic (exact) mass is 188 g/mol. The van der Waals surface area contributed by atoms with Crippen LogP contribution in [0.4, 0.5) is 0 Å². The fraction of sp³-hybridized carbons (Fsp3) is 0.385. The van der Waals surface area contributed by atoms with Gasteiger partial charge in [0.05, 0.1) is 6.10 Å². The molecule has 14 heavy (non-hydrogen) atoms. The van der Waals surface area contributed by atoms with Crippen molar-refractivity contribution in [1.29, 1.82) is 0 Å². The highest BCUT2D eigenvalue weighted by molar-refractivity contribution is 5.31. The van der Waals surface area contributed by atoms with Crippen molar-refractivity contribution in [2.24, 2.45) is 0 Å².